The highest BCUT2D eigenvalue weighted by Gasteiger charge is 2.07. The number of benzene rings is 2. The van der Waals surface area contributed by atoms with E-state index in [2.05, 4.69) is 0 Å². The lowest BCUT2D eigenvalue weighted by Gasteiger charge is -2.13. The highest BCUT2D eigenvalue weighted by molar-refractivity contribution is 7.79. The Balaban J connectivity index is 1.86. The monoisotopic (exact) mass is 332 g/mol. The quantitative estimate of drug-likeness (QED) is 0.474. The van der Waals surface area contributed by atoms with Gasteiger partial charge in [-0.3, -0.25) is 10.1 Å². The molecule has 0 N–H and O–H groups in total. The highest BCUT2D eigenvalue weighted by atomic mass is 32.1. The van der Waals surface area contributed by atoms with Crippen LogP contribution in [0.3, 0.4) is 0 Å². The van der Waals surface area contributed by atoms with Crippen LogP contribution in [0, 0.1) is 10.1 Å². The predicted molar refractivity (Wildman–Crippen MR) is 91.9 cm³/mol. The lowest BCUT2D eigenvalue weighted by molar-refractivity contribution is -0.384. The fourth-order valence-electron chi connectivity index (χ4n) is 1.79. The number of rotatable bonds is 5. The fourth-order valence-corrected chi connectivity index (χ4v) is 1.95. The van der Waals surface area contributed by atoms with Crippen molar-refractivity contribution in [1.29, 1.82) is 0 Å². The summed E-state index contributed by atoms with van der Waals surface area (Å²) in [5, 5.41) is 10.5. The molecule has 7 heteroatoms. The minimum atomic E-state index is -0.476. The second-order valence-electron chi connectivity index (χ2n) is 4.95. The molecule has 0 saturated heterocycles. The number of nitro benzene ring substituents is 1. The number of anilines is 1. The van der Waals surface area contributed by atoms with E-state index in [4.69, 9.17) is 21.7 Å². The molecule has 0 spiro atoms. The summed E-state index contributed by atoms with van der Waals surface area (Å²) in [6.07, 6.45) is 0. The summed E-state index contributed by atoms with van der Waals surface area (Å²) >= 11 is 5.00. The Morgan fingerprint density at radius 2 is 1.74 bits per heavy atom. The van der Waals surface area contributed by atoms with Gasteiger partial charge in [-0.15, -0.1) is 0 Å². The Morgan fingerprint density at radius 1 is 1.13 bits per heavy atom. The largest absolute Gasteiger partial charge is 0.452 e. The third-order valence-corrected chi connectivity index (χ3v) is 3.26. The number of non-ortho nitro benzene ring substituents is 1. The molecule has 0 unspecified atom stereocenters. The standard InChI is InChI=1S/C16H16N2O4S/c1-17(2)13-5-3-12(4-6-13)11-21-16(23)22-15-9-7-14(8-10-15)18(19)20/h3-10H,11H2,1-2H3. The Labute approximate surface area is 139 Å². The van der Waals surface area contributed by atoms with Crippen molar-refractivity contribution in [2.45, 2.75) is 6.61 Å². The summed E-state index contributed by atoms with van der Waals surface area (Å²) in [6.45, 7) is 0.291. The van der Waals surface area contributed by atoms with E-state index in [0.717, 1.165) is 11.3 Å². The second kappa shape index (κ2) is 7.55. The summed E-state index contributed by atoms with van der Waals surface area (Å²) in [5.74, 6) is 0.392. The molecule has 0 aliphatic rings. The third kappa shape index (κ3) is 4.93. The molecule has 0 aromatic heterocycles. The lowest BCUT2D eigenvalue weighted by Crippen LogP contribution is -2.11. The molecular formula is C16H16N2O4S. The number of thiocarbonyl (C=S) groups is 1. The van der Waals surface area contributed by atoms with Gasteiger partial charge in [0, 0.05) is 44.1 Å². The normalized spacial score (nSPS) is 10.0. The molecule has 0 atom stereocenters. The summed E-state index contributed by atoms with van der Waals surface area (Å²) < 4.78 is 10.7. The van der Waals surface area contributed by atoms with Gasteiger partial charge in [0.25, 0.3) is 5.69 Å². The first-order valence-corrected chi connectivity index (χ1v) is 7.22. The van der Waals surface area contributed by atoms with E-state index in [1.165, 1.54) is 24.3 Å². The average Bonchev–Trinajstić information content (AvgIpc) is 2.54. The van der Waals surface area contributed by atoms with Crippen LogP contribution in [0.15, 0.2) is 48.5 Å². The highest BCUT2D eigenvalue weighted by Crippen LogP contribution is 2.18. The van der Waals surface area contributed by atoms with E-state index in [1.807, 2.05) is 43.3 Å². The van der Waals surface area contributed by atoms with Gasteiger partial charge >= 0.3 is 5.24 Å². The van der Waals surface area contributed by atoms with E-state index in [-0.39, 0.29) is 10.9 Å². The molecule has 0 radical (unpaired) electrons. The first-order chi connectivity index (χ1) is 11.0. The minimum Gasteiger partial charge on any atom is -0.452 e. The summed E-state index contributed by atoms with van der Waals surface area (Å²) in [7, 11) is 3.94. The van der Waals surface area contributed by atoms with Crippen molar-refractivity contribution in [3.8, 4) is 5.75 Å². The number of nitrogens with zero attached hydrogens (tertiary/aromatic N) is 2. The van der Waals surface area contributed by atoms with Crippen molar-refractivity contribution in [2.75, 3.05) is 19.0 Å². The minimum absolute atomic E-state index is 0.00910. The molecule has 0 heterocycles. The number of nitro groups is 1. The Morgan fingerprint density at radius 3 is 2.26 bits per heavy atom. The number of hydrogen-bond acceptors (Lipinski definition) is 6. The van der Waals surface area contributed by atoms with Gasteiger partial charge in [-0.25, -0.2) is 0 Å². The molecule has 2 aromatic rings. The van der Waals surface area contributed by atoms with E-state index in [9.17, 15) is 10.1 Å². The topological polar surface area (TPSA) is 64.8 Å². The lowest BCUT2D eigenvalue weighted by atomic mass is 10.2. The first kappa shape index (κ1) is 16.7. The number of hydrogen-bond donors (Lipinski definition) is 0. The van der Waals surface area contributed by atoms with Gasteiger partial charge in [-0.05, 0) is 29.8 Å². The van der Waals surface area contributed by atoms with Gasteiger partial charge in [0.1, 0.15) is 12.4 Å². The van der Waals surface area contributed by atoms with E-state index in [0.29, 0.717) is 12.4 Å². The van der Waals surface area contributed by atoms with Crippen molar-refractivity contribution in [3.05, 3.63) is 64.2 Å². The predicted octanol–water partition coefficient (Wildman–Crippen LogP) is 3.54. The van der Waals surface area contributed by atoms with Crippen LogP contribution < -0.4 is 9.64 Å². The van der Waals surface area contributed by atoms with Crippen molar-refractivity contribution < 1.29 is 14.4 Å². The van der Waals surface area contributed by atoms with Crippen molar-refractivity contribution >= 4 is 28.8 Å². The molecule has 0 fully saturated rings. The van der Waals surface area contributed by atoms with Crippen LogP contribution in [0.5, 0.6) is 5.75 Å². The van der Waals surface area contributed by atoms with Crippen LogP contribution in [0.1, 0.15) is 5.56 Å². The van der Waals surface area contributed by atoms with Gasteiger partial charge in [0.05, 0.1) is 4.92 Å². The Hall–Kier alpha value is -2.67. The van der Waals surface area contributed by atoms with Crippen molar-refractivity contribution in [2.24, 2.45) is 0 Å². The smallest absolute Gasteiger partial charge is 0.358 e. The SMILES string of the molecule is CN(C)c1ccc(COC(=S)Oc2ccc([N+](=O)[O-])cc2)cc1. The molecule has 0 aliphatic heterocycles. The van der Waals surface area contributed by atoms with E-state index in [1.54, 1.807) is 0 Å². The van der Waals surface area contributed by atoms with Gasteiger partial charge in [0.15, 0.2) is 0 Å². The molecule has 0 saturated carbocycles. The van der Waals surface area contributed by atoms with Crippen LogP contribution in [-0.2, 0) is 11.3 Å². The molecule has 6 nitrogen and oxygen atoms in total. The Bertz CT molecular complexity index is 684. The van der Waals surface area contributed by atoms with Gasteiger partial charge in [-0.1, -0.05) is 12.1 Å². The number of ether oxygens (including phenoxy) is 2. The van der Waals surface area contributed by atoms with Crippen LogP contribution in [0.2, 0.25) is 0 Å². The molecule has 0 amide bonds. The molecule has 0 bridgehead atoms. The summed E-state index contributed by atoms with van der Waals surface area (Å²) in [6, 6.07) is 13.5. The summed E-state index contributed by atoms with van der Waals surface area (Å²) in [5.41, 5.74) is 2.05. The Kier molecular flexibility index (Phi) is 5.48. The van der Waals surface area contributed by atoms with Crippen molar-refractivity contribution in [1.82, 2.24) is 0 Å². The van der Waals surface area contributed by atoms with Crippen LogP contribution in [0.4, 0.5) is 11.4 Å². The van der Waals surface area contributed by atoms with Gasteiger partial charge in [-0.2, -0.15) is 0 Å². The summed E-state index contributed by atoms with van der Waals surface area (Å²) in [4.78, 5) is 12.1. The first-order valence-electron chi connectivity index (χ1n) is 6.81. The van der Waals surface area contributed by atoms with Gasteiger partial charge in [0.2, 0.25) is 0 Å². The van der Waals surface area contributed by atoms with E-state index < -0.39 is 4.92 Å². The molecule has 23 heavy (non-hydrogen) atoms. The molecular weight excluding hydrogens is 316 g/mol. The fraction of sp³-hybridized carbons (Fsp3) is 0.188. The van der Waals surface area contributed by atoms with Crippen molar-refractivity contribution in [3.63, 3.8) is 0 Å². The molecule has 2 rings (SSSR count). The maximum absolute atomic E-state index is 10.6. The van der Waals surface area contributed by atoms with E-state index >= 15 is 0 Å². The van der Waals surface area contributed by atoms with Gasteiger partial charge < -0.3 is 14.4 Å². The maximum Gasteiger partial charge on any atom is 0.358 e. The molecule has 0 aliphatic carbocycles. The van der Waals surface area contributed by atoms with Crippen LogP contribution in [0.25, 0.3) is 0 Å². The van der Waals surface area contributed by atoms with Crippen LogP contribution >= 0.6 is 12.2 Å². The maximum atomic E-state index is 10.6. The second-order valence-corrected chi connectivity index (χ2v) is 5.29. The van der Waals surface area contributed by atoms with Crippen LogP contribution in [-0.4, -0.2) is 24.3 Å². The average molecular weight is 332 g/mol. The molecule has 120 valence electrons. The zero-order chi connectivity index (χ0) is 16.8. The third-order valence-electron chi connectivity index (χ3n) is 3.06. The molecule has 2 aromatic carbocycles. The zero-order valence-corrected chi connectivity index (χ0v) is 13.6. The zero-order valence-electron chi connectivity index (χ0n) is 12.8.